The molecule has 0 unspecified atom stereocenters. The summed E-state index contributed by atoms with van der Waals surface area (Å²) in [5, 5.41) is 10.5. The lowest BCUT2D eigenvalue weighted by molar-refractivity contribution is -0.165. The molecule has 0 atom stereocenters. The summed E-state index contributed by atoms with van der Waals surface area (Å²) in [5.41, 5.74) is 0. The molecular formula is C16H32NO2. The topological polar surface area (TPSA) is 40.5 Å². The average Bonchev–Trinajstić information content (AvgIpc) is 2.42. The second-order valence-corrected chi connectivity index (χ2v) is 5.30. The van der Waals surface area contributed by atoms with E-state index in [-0.39, 0.29) is 5.91 Å². The molecule has 0 aromatic rings. The van der Waals surface area contributed by atoms with Crippen LogP contribution in [0.2, 0.25) is 0 Å². The Morgan fingerprint density at radius 1 is 0.947 bits per heavy atom. The Balaban J connectivity index is 3.36. The van der Waals surface area contributed by atoms with Gasteiger partial charge in [-0.1, -0.05) is 71.6 Å². The summed E-state index contributed by atoms with van der Waals surface area (Å²) in [6.07, 6.45) is 12.7. The summed E-state index contributed by atoms with van der Waals surface area (Å²) < 4.78 is 0. The molecule has 0 aromatic carbocycles. The minimum absolute atomic E-state index is 0.116. The third-order valence-corrected chi connectivity index (χ3v) is 3.40. The molecular weight excluding hydrogens is 238 g/mol. The van der Waals surface area contributed by atoms with Crippen LogP contribution in [0.1, 0.15) is 84.0 Å². The first-order chi connectivity index (χ1) is 9.22. The van der Waals surface area contributed by atoms with Gasteiger partial charge in [-0.05, 0) is 12.8 Å². The van der Waals surface area contributed by atoms with Crippen LogP contribution in [0, 0.1) is 6.92 Å². The molecule has 1 amide bonds. The van der Waals surface area contributed by atoms with Gasteiger partial charge in [0.05, 0.1) is 0 Å². The zero-order chi connectivity index (χ0) is 14.3. The van der Waals surface area contributed by atoms with Gasteiger partial charge < -0.3 is 0 Å². The van der Waals surface area contributed by atoms with Crippen LogP contribution in [0.15, 0.2) is 0 Å². The Bertz CT molecular complexity index is 207. The summed E-state index contributed by atoms with van der Waals surface area (Å²) in [7, 11) is 0. The van der Waals surface area contributed by atoms with Crippen molar-refractivity contribution < 1.29 is 10.0 Å². The lowest BCUT2D eigenvalue weighted by atomic mass is 10.1. The van der Waals surface area contributed by atoms with E-state index in [1.807, 2.05) is 0 Å². The van der Waals surface area contributed by atoms with Gasteiger partial charge in [-0.15, -0.1) is 0 Å². The van der Waals surface area contributed by atoms with Gasteiger partial charge >= 0.3 is 0 Å². The van der Waals surface area contributed by atoms with Gasteiger partial charge in [-0.25, -0.2) is 5.06 Å². The van der Waals surface area contributed by atoms with Gasteiger partial charge in [0, 0.05) is 13.0 Å². The molecule has 0 aliphatic rings. The lowest BCUT2D eigenvalue weighted by Crippen LogP contribution is -2.28. The molecule has 0 bridgehead atoms. The molecule has 19 heavy (non-hydrogen) atoms. The van der Waals surface area contributed by atoms with Crippen molar-refractivity contribution in [3.05, 3.63) is 6.92 Å². The van der Waals surface area contributed by atoms with Crippen molar-refractivity contribution in [2.24, 2.45) is 0 Å². The Morgan fingerprint density at radius 2 is 1.53 bits per heavy atom. The molecule has 3 heteroatoms. The van der Waals surface area contributed by atoms with Crippen LogP contribution in [0.4, 0.5) is 0 Å². The van der Waals surface area contributed by atoms with Crippen LogP contribution < -0.4 is 0 Å². The highest BCUT2D eigenvalue weighted by molar-refractivity contribution is 5.74. The number of hydrogen-bond acceptors (Lipinski definition) is 2. The number of unbranched alkanes of at least 4 members (excludes halogenated alkanes) is 9. The second kappa shape index (κ2) is 13.9. The molecule has 1 radical (unpaired) electrons. The highest BCUT2D eigenvalue weighted by Gasteiger charge is 2.09. The number of nitrogens with zero attached hydrogens (tertiary/aromatic N) is 1. The van der Waals surface area contributed by atoms with E-state index in [1.54, 1.807) is 0 Å². The standard InChI is InChI=1S/C16H32NO2/c1-3-5-7-9-10-11-12-14-16(18)17(19)15-13-8-6-4-2/h19H,1,3-15H2,2H3. The summed E-state index contributed by atoms with van der Waals surface area (Å²) in [6, 6.07) is 0. The predicted octanol–water partition coefficient (Wildman–Crippen LogP) is 4.74. The van der Waals surface area contributed by atoms with Gasteiger partial charge in [0.15, 0.2) is 0 Å². The van der Waals surface area contributed by atoms with Crippen LogP contribution in [0.25, 0.3) is 0 Å². The highest BCUT2D eigenvalue weighted by Crippen LogP contribution is 2.09. The van der Waals surface area contributed by atoms with Crippen molar-refractivity contribution in [3.8, 4) is 0 Å². The Labute approximate surface area is 119 Å². The van der Waals surface area contributed by atoms with Gasteiger partial charge in [-0.3, -0.25) is 10.0 Å². The maximum absolute atomic E-state index is 11.6. The molecule has 0 spiro atoms. The van der Waals surface area contributed by atoms with E-state index in [4.69, 9.17) is 0 Å². The van der Waals surface area contributed by atoms with Crippen molar-refractivity contribution in [3.63, 3.8) is 0 Å². The molecule has 0 rings (SSSR count). The van der Waals surface area contributed by atoms with E-state index < -0.39 is 0 Å². The van der Waals surface area contributed by atoms with Crippen LogP contribution in [0.5, 0.6) is 0 Å². The summed E-state index contributed by atoms with van der Waals surface area (Å²) in [5.74, 6) is -0.116. The van der Waals surface area contributed by atoms with E-state index in [0.29, 0.717) is 13.0 Å². The number of carbonyl (C=O) groups is 1. The maximum Gasteiger partial charge on any atom is 0.245 e. The molecule has 3 nitrogen and oxygen atoms in total. The number of hydrogen-bond donors (Lipinski definition) is 1. The molecule has 0 saturated heterocycles. The SMILES string of the molecule is [CH2]CCCCCCCCC(=O)N(O)CCCCCC. The van der Waals surface area contributed by atoms with Gasteiger partial charge in [-0.2, -0.15) is 0 Å². The average molecular weight is 270 g/mol. The maximum atomic E-state index is 11.6. The number of carbonyl (C=O) groups excluding carboxylic acids is 1. The first-order valence-electron chi connectivity index (χ1n) is 8.00. The molecule has 113 valence electrons. The molecule has 0 aliphatic carbocycles. The number of amides is 1. The van der Waals surface area contributed by atoms with Crippen LogP contribution in [-0.2, 0) is 4.79 Å². The van der Waals surface area contributed by atoms with Gasteiger partial charge in [0.25, 0.3) is 0 Å². The first-order valence-corrected chi connectivity index (χ1v) is 8.00. The quantitative estimate of drug-likeness (QED) is 0.298. The zero-order valence-corrected chi connectivity index (χ0v) is 12.7. The van der Waals surface area contributed by atoms with Gasteiger partial charge in [0.1, 0.15) is 0 Å². The highest BCUT2D eigenvalue weighted by atomic mass is 16.5. The Hall–Kier alpha value is -0.570. The molecule has 0 heterocycles. The fraction of sp³-hybridized carbons (Fsp3) is 0.875. The number of rotatable bonds is 13. The predicted molar refractivity (Wildman–Crippen MR) is 79.9 cm³/mol. The third kappa shape index (κ3) is 12.2. The number of hydroxylamine groups is 2. The van der Waals surface area contributed by atoms with Crippen molar-refractivity contribution in [1.29, 1.82) is 0 Å². The summed E-state index contributed by atoms with van der Waals surface area (Å²) in [4.78, 5) is 11.6. The monoisotopic (exact) mass is 270 g/mol. The molecule has 0 saturated carbocycles. The van der Waals surface area contributed by atoms with Crippen LogP contribution in [-0.4, -0.2) is 22.7 Å². The summed E-state index contributed by atoms with van der Waals surface area (Å²) in [6.45, 7) is 6.46. The van der Waals surface area contributed by atoms with E-state index in [1.165, 1.54) is 38.5 Å². The fourth-order valence-corrected chi connectivity index (χ4v) is 2.10. The first kappa shape index (κ1) is 18.4. The largest absolute Gasteiger partial charge is 0.286 e. The third-order valence-electron chi connectivity index (χ3n) is 3.40. The fourth-order valence-electron chi connectivity index (χ4n) is 2.10. The summed E-state index contributed by atoms with van der Waals surface area (Å²) >= 11 is 0. The lowest BCUT2D eigenvalue weighted by Gasteiger charge is -2.14. The van der Waals surface area contributed by atoms with Gasteiger partial charge in [0.2, 0.25) is 5.91 Å². The van der Waals surface area contributed by atoms with Crippen molar-refractivity contribution in [2.45, 2.75) is 84.0 Å². The molecule has 0 fully saturated rings. The molecule has 0 aromatic heterocycles. The van der Waals surface area contributed by atoms with E-state index in [2.05, 4.69) is 13.8 Å². The minimum atomic E-state index is -0.116. The van der Waals surface area contributed by atoms with E-state index in [9.17, 15) is 10.0 Å². The van der Waals surface area contributed by atoms with Crippen molar-refractivity contribution >= 4 is 5.91 Å². The van der Waals surface area contributed by atoms with E-state index in [0.717, 1.165) is 37.2 Å². The molecule has 1 N–H and O–H groups in total. The Morgan fingerprint density at radius 3 is 2.16 bits per heavy atom. The molecule has 0 aliphatic heterocycles. The zero-order valence-electron chi connectivity index (χ0n) is 12.7. The minimum Gasteiger partial charge on any atom is -0.286 e. The van der Waals surface area contributed by atoms with Crippen LogP contribution >= 0.6 is 0 Å². The smallest absolute Gasteiger partial charge is 0.245 e. The normalized spacial score (nSPS) is 10.7. The van der Waals surface area contributed by atoms with Crippen LogP contribution in [0.3, 0.4) is 0 Å². The van der Waals surface area contributed by atoms with Crippen molar-refractivity contribution in [1.82, 2.24) is 5.06 Å². The Kier molecular flexibility index (Phi) is 13.4. The van der Waals surface area contributed by atoms with E-state index >= 15 is 0 Å². The van der Waals surface area contributed by atoms with Crippen molar-refractivity contribution in [2.75, 3.05) is 6.54 Å². The second-order valence-electron chi connectivity index (χ2n) is 5.30.